The third kappa shape index (κ3) is 2.10. The van der Waals surface area contributed by atoms with Crippen LogP contribution in [0, 0.1) is 0 Å². The number of carbonyl (C=O) groups excluding carboxylic acids is 2. The van der Waals surface area contributed by atoms with Gasteiger partial charge in [0.2, 0.25) is 5.91 Å². The van der Waals surface area contributed by atoms with Gasteiger partial charge in [-0.3, -0.25) is 14.2 Å². The van der Waals surface area contributed by atoms with Crippen molar-refractivity contribution < 1.29 is 19.5 Å². The molecule has 2 aromatic rings. The van der Waals surface area contributed by atoms with Crippen LogP contribution in [0.25, 0.3) is 5.69 Å². The van der Waals surface area contributed by atoms with E-state index in [1.54, 1.807) is 28.8 Å². The maximum Gasteiger partial charge on any atom is 0.356 e. The Labute approximate surface area is 124 Å². The van der Waals surface area contributed by atoms with Crippen LogP contribution in [0.15, 0.2) is 30.6 Å². The summed E-state index contributed by atoms with van der Waals surface area (Å²) in [5, 5.41) is 9.23. The van der Waals surface area contributed by atoms with Crippen molar-refractivity contribution in [1.29, 1.82) is 0 Å². The normalized spacial score (nSPS) is 13.3. The number of nitrogens with zero attached hydrogens (tertiary/aromatic N) is 3. The maximum atomic E-state index is 12.6. The van der Waals surface area contributed by atoms with Crippen LogP contribution in [0.5, 0.6) is 0 Å². The van der Waals surface area contributed by atoms with Crippen molar-refractivity contribution in [1.82, 2.24) is 14.5 Å². The van der Waals surface area contributed by atoms with Crippen LogP contribution in [0.4, 0.5) is 0 Å². The molecule has 1 aliphatic heterocycles. The summed E-state index contributed by atoms with van der Waals surface area (Å²) in [6.45, 7) is -0.352. The van der Waals surface area contributed by atoms with Crippen molar-refractivity contribution in [2.24, 2.45) is 5.73 Å². The topological polar surface area (TPSA) is 119 Å². The van der Waals surface area contributed by atoms with Crippen molar-refractivity contribution in [3.8, 4) is 5.69 Å². The summed E-state index contributed by atoms with van der Waals surface area (Å²) in [7, 11) is 0. The lowest BCUT2D eigenvalue weighted by Gasteiger charge is -2.18. The molecule has 2 heterocycles. The van der Waals surface area contributed by atoms with E-state index in [1.165, 1.54) is 11.2 Å². The largest absolute Gasteiger partial charge is 0.476 e. The monoisotopic (exact) mass is 300 g/mol. The van der Waals surface area contributed by atoms with E-state index in [0.29, 0.717) is 16.9 Å². The number of hydrogen-bond acceptors (Lipinski definition) is 4. The number of carboxylic acids is 1. The fourth-order valence-electron chi connectivity index (χ4n) is 2.51. The summed E-state index contributed by atoms with van der Waals surface area (Å²) in [5.74, 6) is -2.25. The standard InChI is InChI=1S/C14H12N4O4/c15-11(19)6-17-5-10-12(14(21)22)16-7-18(10)9-4-2-1-3-8(9)13(17)20/h1-4,7H,5-6H2,(H2,15,19)(H,21,22). The van der Waals surface area contributed by atoms with Gasteiger partial charge in [-0.05, 0) is 12.1 Å². The van der Waals surface area contributed by atoms with Gasteiger partial charge in [-0.1, -0.05) is 12.1 Å². The van der Waals surface area contributed by atoms with Crippen LogP contribution in [0.1, 0.15) is 26.5 Å². The lowest BCUT2D eigenvalue weighted by molar-refractivity contribution is -0.118. The van der Waals surface area contributed by atoms with Gasteiger partial charge in [-0.15, -0.1) is 0 Å². The third-order valence-electron chi connectivity index (χ3n) is 3.44. The predicted octanol–water partition coefficient (Wildman–Crippen LogP) is 0.0116. The highest BCUT2D eigenvalue weighted by Crippen LogP contribution is 2.25. The van der Waals surface area contributed by atoms with E-state index >= 15 is 0 Å². The summed E-state index contributed by atoms with van der Waals surface area (Å²) in [4.78, 5) is 40.2. The number of imidazole rings is 1. The number of carbonyl (C=O) groups is 3. The quantitative estimate of drug-likeness (QED) is 0.827. The van der Waals surface area contributed by atoms with Crippen LogP contribution >= 0.6 is 0 Å². The van der Waals surface area contributed by atoms with Crippen LogP contribution in [0.2, 0.25) is 0 Å². The van der Waals surface area contributed by atoms with E-state index in [0.717, 1.165) is 0 Å². The van der Waals surface area contributed by atoms with E-state index in [-0.39, 0.29) is 24.7 Å². The molecule has 3 N–H and O–H groups in total. The molecule has 0 fully saturated rings. The molecule has 0 aliphatic carbocycles. The van der Waals surface area contributed by atoms with Gasteiger partial charge in [0.1, 0.15) is 12.9 Å². The van der Waals surface area contributed by atoms with Crippen molar-refractivity contribution in [2.45, 2.75) is 6.54 Å². The smallest absolute Gasteiger partial charge is 0.356 e. The molecule has 0 radical (unpaired) electrons. The first-order valence-electron chi connectivity index (χ1n) is 6.45. The Hall–Kier alpha value is -3.16. The predicted molar refractivity (Wildman–Crippen MR) is 74.5 cm³/mol. The van der Waals surface area contributed by atoms with Gasteiger partial charge in [0, 0.05) is 0 Å². The van der Waals surface area contributed by atoms with Crippen molar-refractivity contribution in [3.63, 3.8) is 0 Å². The first-order valence-corrected chi connectivity index (χ1v) is 6.45. The molecule has 1 aliphatic rings. The molecular weight excluding hydrogens is 288 g/mol. The summed E-state index contributed by atoms with van der Waals surface area (Å²) >= 11 is 0. The Morgan fingerprint density at radius 2 is 2.05 bits per heavy atom. The van der Waals surface area contributed by atoms with Gasteiger partial charge in [-0.25, -0.2) is 9.78 Å². The van der Waals surface area contributed by atoms with Crippen LogP contribution in [-0.4, -0.2) is 43.9 Å². The van der Waals surface area contributed by atoms with Crippen LogP contribution in [-0.2, 0) is 11.3 Å². The van der Waals surface area contributed by atoms with Crippen molar-refractivity contribution >= 4 is 17.8 Å². The lowest BCUT2D eigenvalue weighted by Crippen LogP contribution is -2.37. The fourth-order valence-corrected chi connectivity index (χ4v) is 2.51. The maximum absolute atomic E-state index is 12.6. The first-order chi connectivity index (χ1) is 10.5. The lowest BCUT2D eigenvalue weighted by atomic mass is 10.1. The molecule has 1 aromatic heterocycles. The Kier molecular flexibility index (Phi) is 3.13. The van der Waals surface area contributed by atoms with E-state index in [1.807, 2.05) is 0 Å². The van der Waals surface area contributed by atoms with Gasteiger partial charge in [0.05, 0.1) is 23.5 Å². The molecule has 0 spiro atoms. The number of nitrogens with two attached hydrogens (primary N) is 1. The minimum absolute atomic E-state index is 0.0575. The van der Waals surface area contributed by atoms with Crippen LogP contribution < -0.4 is 5.73 Å². The SMILES string of the molecule is NC(=O)CN1Cc2c(C(=O)O)ncn2-c2ccccc2C1=O. The second-order valence-electron chi connectivity index (χ2n) is 4.86. The molecule has 8 heteroatoms. The zero-order valence-corrected chi connectivity index (χ0v) is 11.4. The minimum atomic E-state index is -1.19. The van der Waals surface area contributed by atoms with Gasteiger partial charge in [0.25, 0.3) is 5.91 Å². The van der Waals surface area contributed by atoms with Gasteiger partial charge >= 0.3 is 5.97 Å². The molecule has 112 valence electrons. The van der Waals surface area contributed by atoms with Crippen LogP contribution in [0.3, 0.4) is 0 Å². The summed E-state index contributed by atoms with van der Waals surface area (Å²) < 4.78 is 1.55. The molecule has 0 saturated heterocycles. The number of aromatic carboxylic acids is 1. The van der Waals surface area contributed by atoms with E-state index < -0.39 is 11.9 Å². The Bertz CT molecular complexity index is 796. The second kappa shape index (κ2) is 4.99. The molecule has 22 heavy (non-hydrogen) atoms. The Balaban J connectivity index is 2.22. The molecule has 8 nitrogen and oxygen atoms in total. The number of fused-ring (bicyclic) bond motifs is 3. The number of amides is 2. The number of para-hydroxylation sites is 1. The highest BCUT2D eigenvalue weighted by Gasteiger charge is 2.30. The summed E-state index contributed by atoms with van der Waals surface area (Å²) in [6.07, 6.45) is 1.36. The number of carboxylic acid groups (broad SMARTS) is 1. The van der Waals surface area contributed by atoms with Gasteiger partial charge in [0.15, 0.2) is 5.69 Å². The molecule has 0 saturated carbocycles. The number of primary amides is 1. The zero-order valence-electron chi connectivity index (χ0n) is 11.4. The Morgan fingerprint density at radius 3 is 2.73 bits per heavy atom. The average molecular weight is 300 g/mol. The number of hydrogen-bond donors (Lipinski definition) is 2. The second-order valence-corrected chi connectivity index (χ2v) is 4.86. The minimum Gasteiger partial charge on any atom is -0.476 e. The van der Waals surface area contributed by atoms with Crippen molar-refractivity contribution in [2.75, 3.05) is 6.54 Å². The van der Waals surface area contributed by atoms with E-state index in [2.05, 4.69) is 4.98 Å². The number of aromatic nitrogens is 2. The zero-order chi connectivity index (χ0) is 15.9. The average Bonchev–Trinajstić information content (AvgIpc) is 2.84. The highest BCUT2D eigenvalue weighted by molar-refractivity contribution is 6.00. The number of rotatable bonds is 3. The summed E-state index contributed by atoms with van der Waals surface area (Å²) in [6, 6.07) is 6.73. The molecular formula is C14H12N4O4. The molecule has 0 bridgehead atoms. The molecule has 2 amide bonds. The van der Waals surface area contributed by atoms with Gasteiger partial charge < -0.3 is 15.7 Å². The molecule has 3 rings (SSSR count). The fraction of sp³-hybridized carbons (Fsp3) is 0.143. The molecule has 0 atom stereocenters. The van der Waals surface area contributed by atoms with E-state index in [9.17, 15) is 19.5 Å². The van der Waals surface area contributed by atoms with Gasteiger partial charge in [-0.2, -0.15) is 0 Å². The van der Waals surface area contributed by atoms with E-state index in [4.69, 9.17) is 5.73 Å². The van der Waals surface area contributed by atoms with Crippen molar-refractivity contribution in [3.05, 3.63) is 47.5 Å². The first kappa shape index (κ1) is 13.8. The molecule has 0 unspecified atom stereocenters. The molecule has 1 aromatic carbocycles. The third-order valence-corrected chi connectivity index (χ3v) is 3.44. The Morgan fingerprint density at radius 1 is 1.32 bits per heavy atom. The summed E-state index contributed by atoms with van der Waals surface area (Å²) in [5.41, 5.74) is 6.23. The number of benzene rings is 1. The highest BCUT2D eigenvalue weighted by atomic mass is 16.4.